The standard InChI is InChI=1S/C15H19N3O3/c1-2-17-10-12-3-4-14(13(9-12)18(19)20)21-11-15(5-6-15)7-8-16/h3-4,9,17H,2,5-7,10-11H2,1H3. The Kier molecular flexibility index (Phi) is 4.76. The molecule has 112 valence electrons. The number of hydrogen-bond donors (Lipinski definition) is 1. The van der Waals surface area contributed by atoms with Crippen molar-refractivity contribution < 1.29 is 9.66 Å². The molecule has 6 nitrogen and oxygen atoms in total. The van der Waals surface area contributed by atoms with Crippen LogP contribution in [0.15, 0.2) is 18.2 Å². The van der Waals surface area contributed by atoms with Crippen LogP contribution in [-0.4, -0.2) is 18.1 Å². The fourth-order valence-corrected chi connectivity index (χ4v) is 2.15. The van der Waals surface area contributed by atoms with Crippen LogP contribution in [0, 0.1) is 26.9 Å². The predicted octanol–water partition coefficient (Wildman–Crippen LogP) is 2.78. The van der Waals surface area contributed by atoms with E-state index in [1.807, 2.05) is 13.0 Å². The second kappa shape index (κ2) is 6.55. The molecule has 0 bridgehead atoms. The molecule has 21 heavy (non-hydrogen) atoms. The Morgan fingerprint density at radius 1 is 1.52 bits per heavy atom. The fourth-order valence-electron chi connectivity index (χ4n) is 2.15. The lowest BCUT2D eigenvalue weighted by Crippen LogP contribution is -2.14. The first-order chi connectivity index (χ1) is 10.1. The summed E-state index contributed by atoms with van der Waals surface area (Å²) in [4.78, 5) is 10.7. The summed E-state index contributed by atoms with van der Waals surface area (Å²) in [5.41, 5.74) is 0.748. The van der Waals surface area contributed by atoms with Gasteiger partial charge in [-0.3, -0.25) is 10.1 Å². The first-order valence-electron chi connectivity index (χ1n) is 7.08. The second-order valence-electron chi connectivity index (χ2n) is 5.46. The summed E-state index contributed by atoms with van der Waals surface area (Å²) in [5, 5.41) is 23.1. The lowest BCUT2D eigenvalue weighted by molar-refractivity contribution is -0.386. The van der Waals surface area contributed by atoms with E-state index in [-0.39, 0.29) is 16.9 Å². The van der Waals surface area contributed by atoms with Crippen molar-refractivity contribution in [2.75, 3.05) is 13.2 Å². The second-order valence-corrected chi connectivity index (χ2v) is 5.46. The van der Waals surface area contributed by atoms with Crippen LogP contribution in [0.25, 0.3) is 0 Å². The van der Waals surface area contributed by atoms with Crippen molar-refractivity contribution in [2.45, 2.75) is 32.7 Å². The van der Waals surface area contributed by atoms with Crippen molar-refractivity contribution in [3.63, 3.8) is 0 Å². The van der Waals surface area contributed by atoms with Gasteiger partial charge in [-0.15, -0.1) is 0 Å². The fraction of sp³-hybridized carbons (Fsp3) is 0.533. The van der Waals surface area contributed by atoms with Gasteiger partial charge in [0.2, 0.25) is 0 Å². The molecule has 1 aromatic rings. The van der Waals surface area contributed by atoms with Crippen molar-refractivity contribution >= 4 is 5.69 Å². The van der Waals surface area contributed by atoms with E-state index in [0.29, 0.717) is 19.6 Å². The number of nitrogens with zero attached hydrogens (tertiary/aromatic N) is 2. The summed E-state index contributed by atoms with van der Waals surface area (Å²) in [6.07, 6.45) is 2.35. The predicted molar refractivity (Wildman–Crippen MR) is 77.9 cm³/mol. The highest BCUT2D eigenvalue weighted by molar-refractivity contribution is 5.48. The molecule has 1 saturated carbocycles. The zero-order valence-electron chi connectivity index (χ0n) is 12.1. The Morgan fingerprint density at radius 2 is 2.29 bits per heavy atom. The van der Waals surface area contributed by atoms with Crippen molar-refractivity contribution in [1.82, 2.24) is 5.32 Å². The first kappa shape index (κ1) is 15.3. The summed E-state index contributed by atoms with van der Waals surface area (Å²) in [7, 11) is 0. The minimum atomic E-state index is -0.422. The molecule has 6 heteroatoms. The number of nitrogens with one attached hydrogen (secondary N) is 1. The smallest absolute Gasteiger partial charge is 0.311 e. The summed E-state index contributed by atoms with van der Waals surface area (Å²) in [5.74, 6) is 0.282. The van der Waals surface area contributed by atoms with Gasteiger partial charge < -0.3 is 10.1 Å². The summed E-state index contributed by atoms with van der Waals surface area (Å²) in [6, 6.07) is 7.17. The highest BCUT2D eigenvalue weighted by Gasteiger charge is 2.43. The van der Waals surface area contributed by atoms with E-state index in [2.05, 4.69) is 11.4 Å². The van der Waals surface area contributed by atoms with Gasteiger partial charge in [0.1, 0.15) is 0 Å². The lowest BCUT2D eigenvalue weighted by atomic mass is 10.1. The molecular formula is C15H19N3O3. The number of ether oxygens (including phenoxy) is 1. The normalized spacial score (nSPS) is 15.2. The van der Waals surface area contributed by atoms with E-state index in [1.54, 1.807) is 12.1 Å². The first-order valence-corrected chi connectivity index (χ1v) is 7.08. The minimum absolute atomic E-state index is 0.0156. The van der Waals surface area contributed by atoms with Crippen LogP contribution < -0.4 is 10.1 Å². The molecule has 1 N–H and O–H groups in total. The third-order valence-electron chi connectivity index (χ3n) is 3.74. The Hall–Kier alpha value is -2.13. The van der Waals surface area contributed by atoms with Crippen molar-refractivity contribution in [1.29, 1.82) is 5.26 Å². The molecule has 1 fully saturated rings. The maximum Gasteiger partial charge on any atom is 0.311 e. The van der Waals surface area contributed by atoms with Crippen LogP contribution in [-0.2, 0) is 6.54 Å². The van der Waals surface area contributed by atoms with Crippen molar-refractivity contribution in [3.05, 3.63) is 33.9 Å². The van der Waals surface area contributed by atoms with E-state index in [4.69, 9.17) is 10.00 Å². The maximum absolute atomic E-state index is 11.2. The molecule has 2 rings (SSSR count). The number of rotatable bonds is 8. The maximum atomic E-state index is 11.2. The number of nitro benzene ring substituents is 1. The van der Waals surface area contributed by atoms with E-state index in [9.17, 15) is 10.1 Å². The van der Waals surface area contributed by atoms with Gasteiger partial charge >= 0.3 is 5.69 Å². The van der Waals surface area contributed by atoms with Gasteiger partial charge in [0.25, 0.3) is 0 Å². The quantitative estimate of drug-likeness (QED) is 0.587. The zero-order valence-corrected chi connectivity index (χ0v) is 12.1. The van der Waals surface area contributed by atoms with E-state index in [0.717, 1.165) is 24.9 Å². The van der Waals surface area contributed by atoms with E-state index in [1.165, 1.54) is 0 Å². The summed E-state index contributed by atoms with van der Waals surface area (Å²) in [6.45, 7) is 3.75. The molecule has 0 amide bonds. The van der Waals surface area contributed by atoms with E-state index < -0.39 is 4.92 Å². The van der Waals surface area contributed by atoms with Gasteiger partial charge in [0, 0.05) is 24.4 Å². The molecule has 0 aromatic heterocycles. The van der Waals surface area contributed by atoms with Gasteiger partial charge in [0.05, 0.1) is 17.6 Å². The molecule has 0 spiro atoms. The molecule has 0 unspecified atom stereocenters. The number of benzene rings is 1. The molecule has 0 saturated heterocycles. The Balaban J connectivity index is 2.08. The third kappa shape index (κ3) is 3.92. The average Bonchev–Trinajstić information content (AvgIpc) is 3.23. The number of nitro groups is 1. The molecule has 0 atom stereocenters. The molecule has 0 aliphatic heterocycles. The van der Waals surface area contributed by atoms with Crippen molar-refractivity contribution in [2.24, 2.45) is 5.41 Å². The molecule has 0 heterocycles. The van der Waals surface area contributed by atoms with Crippen LogP contribution in [0.1, 0.15) is 31.7 Å². The highest BCUT2D eigenvalue weighted by atomic mass is 16.6. The molecule has 1 aliphatic carbocycles. The topological polar surface area (TPSA) is 88.2 Å². The minimum Gasteiger partial charge on any atom is -0.486 e. The van der Waals surface area contributed by atoms with Crippen LogP contribution in [0.5, 0.6) is 5.75 Å². The van der Waals surface area contributed by atoms with Crippen LogP contribution in [0.2, 0.25) is 0 Å². The molecule has 0 radical (unpaired) electrons. The molecular weight excluding hydrogens is 270 g/mol. The van der Waals surface area contributed by atoms with E-state index >= 15 is 0 Å². The average molecular weight is 289 g/mol. The monoisotopic (exact) mass is 289 g/mol. The van der Waals surface area contributed by atoms with Gasteiger partial charge in [-0.25, -0.2) is 0 Å². The number of nitriles is 1. The third-order valence-corrected chi connectivity index (χ3v) is 3.74. The summed E-state index contributed by atoms with van der Waals surface area (Å²) >= 11 is 0. The number of hydrogen-bond acceptors (Lipinski definition) is 5. The van der Waals surface area contributed by atoms with Gasteiger partial charge in [0.15, 0.2) is 5.75 Å². The largest absolute Gasteiger partial charge is 0.486 e. The Bertz CT molecular complexity index is 562. The van der Waals surface area contributed by atoms with Crippen LogP contribution in [0.3, 0.4) is 0 Å². The van der Waals surface area contributed by atoms with Gasteiger partial charge in [-0.1, -0.05) is 13.0 Å². The Morgan fingerprint density at radius 3 is 2.86 bits per heavy atom. The van der Waals surface area contributed by atoms with Crippen LogP contribution in [0.4, 0.5) is 5.69 Å². The summed E-state index contributed by atoms with van der Waals surface area (Å²) < 4.78 is 5.62. The molecule has 1 aromatic carbocycles. The van der Waals surface area contributed by atoms with Crippen LogP contribution >= 0.6 is 0 Å². The zero-order chi connectivity index (χ0) is 15.3. The van der Waals surface area contributed by atoms with Crippen molar-refractivity contribution in [3.8, 4) is 11.8 Å². The Labute approximate surface area is 123 Å². The molecule has 1 aliphatic rings. The van der Waals surface area contributed by atoms with Gasteiger partial charge in [-0.2, -0.15) is 5.26 Å². The SMILES string of the molecule is CCNCc1ccc(OCC2(CC#N)CC2)c([N+](=O)[O-])c1. The lowest BCUT2D eigenvalue weighted by Gasteiger charge is -2.13. The highest BCUT2D eigenvalue weighted by Crippen LogP contribution is 2.49. The van der Waals surface area contributed by atoms with Gasteiger partial charge in [-0.05, 0) is 31.0 Å².